The summed E-state index contributed by atoms with van der Waals surface area (Å²) in [6.45, 7) is 2.51. The Hall–Kier alpha value is -3.55. The lowest BCUT2D eigenvalue weighted by Gasteiger charge is -2.29. The third-order valence-corrected chi connectivity index (χ3v) is 5.36. The number of hydrogen-bond donors (Lipinski definition) is 3. The van der Waals surface area contributed by atoms with Gasteiger partial charge in [0.15, 0.2) is 11.6 Å². The fraction of sp³-hybridized carbons (Fsp3) is 0.273. The summed E-state index contributed by atoms with van der Waals surface area (Å²) >= 11 is 0. The maximum Gasteiger partial charge on any atom is 0.341 e. The lowest BCUT2D eigenvalue weighted by molar-refractivity contribution is 0.0694. The Kier molecular flexibility index (Phi) is 5.07. The maximum absolute atomic E-state index is 15.1. The number of halogens is 1. The lowest BCUT2D eigenvalue weighted by atomic mass is 10.0. The quantitative estimate of drug-likeness (QED) is 0.424. The van der Waals surface area contributed by atoms with Crippen LogP contribution < -0.4 is 21.2 Å². The van der Waals surface area contributed by atoms with Crippen LogP contribution in [-0.4, -0.2) is 28.8 Å². The SMILES string of the molecule is C[C@H]1COc2c(NCCCc3ccccc3)c(F)c(N)c3c(=O)c(C(=O)O)cn1c23. The number of ether oxygens (including phenoxy) is 1. The largest absolute Gasteiger partial charge is 0.487 e. The average Bonchev–Trinajstić information content (AvgIpc) is 2.73. The van der Waals surface area contributed by atoms with Crippen molar-refractivity contribution in [3.8, 4) is 5.75 Å². The van der Waals surface area contributed by atoms with Crippen molar-refractivity contribution in [2.75, 3.05) is 24.2 Å². The fourth-order valence-corrected chi connectivity index (χ4v) is 3.81. The molecular formula is C22H22FN3O4. The number of anilines is 2. The predicted octanol–water partition coefficient (Wildman–Crippen LogP) is 3.42. The summed E-state index contributed by atoms with van der Waals surface area (Å²) in [4.78, 5) is 24.2. The molecule has 0 aliphatic carbocycles. The van der Waals surface area contributed by atoms with Gasteiger partial charge in [0, 0.05) is 12.7 Å². The third-order valence-electron chi connectivity index (χ3n) is 5.36. The van der Waals surface area contributed by atoms with E-state index in [9.17, 15) is 14.7 Å². The highest BCUT2D eigenvalue weighted by molar-refractivity contribution is 6.03. The molecule has 7 nitrogen and oxygen atoms in total. The smallest absolute Gasteiger partial charge is 0.341 e. The molecule has 156 valence electrons. The summed E-state index contributed by atoms with van der Waals surface area (Å²) in [6.07, 6.45) is 2.85. The molecule has 0 spiro atoms. The standard InChI is InChI=1S/C22H22FN3O4/c1-12-11-30-21-18(25-9-5-8-13-6-3-2-4-7-13)16(23)17(24)15-19(21)26(12)10-14(20(15)27)22(28)29/h2-4,6-7,10,12,25H,5,8-9,11,24H2,1H3,(H,28,29)/t12-/m0/s1. The molecule has 1 aliphatic heterocycles. The Balaban J connectivity index is 1.75. The van der Waals surface area contributed by atoms with Gasteiger partial charge in [0.2, 0.25) is 5.43 Å². The molecule has 4 N–H and O–H groups in total. The molecule has 8 heteroatoms. The molecule has 0 fully saturated rings. The number of carboxylic acids is 1. The number of nitrogens with two attached hydrogens (primary N) is 1. The molecule has 4 rings (SSSR count). The van der Waals surface area contributed by atoms with Crippen LogP contribution in [0.2, 0.25) is 0 Å². The second-order valence-electron chi connectivity index (χ2n) is 7.42. The second kappa shape index (κ2) is 7.70. The van der Waals surface area contributed by atoms with Crippen LogP contribution in [-0.2, 0) is 6.42 Å². The molecule has 1 atom stereocenters. The second-order valence-corrected chi connectivity index (χ2v) is 7.42. The summed E-state index contributed by atoms with van der Waals surface area (Å²) in [7, 11) is 0. The lowest BCUT2D eigenvalue weighted by Crippen LogP contribution is -2.28. The number of nitrogen functional groups attached to an aromatic ring is 1. The van der Waals surface area contributed by atoms with Crippen molar-refractivity contribution in [2.24, 2.45) is 0 Å². The summed E-state index contributed by atoms with van der Waals surface area (Å²) in [5.41, 5.74) is 5.91. The van der Waals surface area contributed by atoms with E-state index in [0.29, 0.717) is 12.1 Å². The number of benzene rings is 2. The molecule has 0 saturated carbocycles. The van der Waals surface area contributed by atoms with Gasteiger partial charge >= 0.3 is 5.97 Å². The molecule has 2 heterocycles. The van der Waals surface area contributed by atoms with E-state index in [1.807, 2.05) is 37.3 Å². The van der Waals surface area contributed by atoms with Gasteiger partial charge < -0.3 is 25.5 Å². The van der Waals surface area contributed by atoms with Gasteiger partial charge in [-0.05, 0) is 25.3 Å². The van der Waals surface area contributed by atoms with E-state index in [1.54, 1.807) is 4.57 Å². The van der Waals surface area contributed by atoms with Gasteiger partial charge in [-0.3, -0.25) is 4.79 Å². The van der Waals surface area contributed by atoms with E-state index in [1.165, 1.54) is 11.8 Å². The first-order chi connectivity index (χ1) is 14.4. The number of aryl methyl sites for hydroxylation is 1. The molecule has 0 bridgehead atoms. The molecule has 3 aromatic rings. The molecule has 0 saturated heterocycles. The summed E-state index contributed by atoms with van der Waals surface area (Å²) in [6, 6.07) is 9.71. The molecule has 30 heavy (non-hydrogen) atoms. The zero-order valence-electron chi connectivity index (χ0n) is 16.4. The van der Waals surface area contributed by atoms with E-state index in [0.717, 1.165) is 12.8 Å². The van der Waals surface area contributed by atoms with E-state index in [2.05, 4.69) is 5.32 Å². The monoisotopic (exact) mass is 411 g/mol. The summed E-state index contributed by atoms with van der Waals surface area (Å²) in [5, 5.41) is 12.3. The number of hydrogen-bond acceptors (Lipinski definition) is 5. The highest BCUT2D eigenvalue weighted by atomic mass is 19.1. The Morgan fingerprint density at radius 3 is 2.80 bits per heavy atom. The first-order valence-corrected chi connectivity index (χ1v) is 9.73. The number of carbonyl (C=O) groups is 1. The summed E-state index contributed by atoms with van der Waals surface area (Å²) < 4.78 is 22.5. The van der Waals surface area contributed by atoms with E-state index >= 15 is 4.39 Å². The van der Waals surface area contributed by atoms with Crippen molar-refractivity contribution in [2.45, 2.75) is 25.8 Å². The molecule has 1 aliphatic rings. The minimum absolute atomic E-state index is 0.0937. The Morgan fingerprint density at radius 2 is 2.10 bits per heavy atom. The van der Waals surface area contributed by atoms with Crippen molar-refractivity contribution >= 4 is 28.2 Å². The summed E-state index contributed by atoms with van der Waals surface area (Å²) in [5.74, 6) is -2.00. The number of rotatable bonds is 6. The third kappa shape index (κ3) is 3.24. The average molecular weight is 411 g/mol. The number of aromatic carboxylic acids is 1. The Morgan fingerprint density at radius 1 is 1.37 bits per heavy atom. The van der Waals surface area contributed by atoms with Crippen LogP contribution in [0.5, 0.6) is 5.75 Å². The van der Waals surface area contributed by atoms with Gasteiger partial charge in [0.1, 0.15) is 17.9 Å². The van der Waals surface area contributed by atoms with Crippen LogP contribution >= 0.6 is 0 Å². The van der Waals surface area contributed by atoms with Crippen LogP contribution in [0, 0.1) is 5.82 Å². The number of aromatic nitrogens is 1. The number of nitrogens with one attached hydrogen (secondary N) is 1. The Bertz CT molecular complexity index is 1190. The first kappa shape index (κ1) is 19.8. The van der Waals surface area contributed by atoms with Crippen molar-refractivity contribution in [1.29, 1.82) is 0 Å². The highest BCUT2D eigenvalue weighted by Crippen LogP contribution is 2.43. The van der Waals surface area contributed by atoms with E-state index < -0.39 is 22.8 Å². The fourth-order valence-electron chi connectivity index (χ4n) is 3.81. The predicted molar refractivity (Wildman–Crippen MR) is 113 cm³/mol. The number of carboxylic acid groups (broad SMARTS) is 1. The zero-order valence-corrected chi connectivity index (χ0v) is 16.4. The van der Waals surface area contributed by atoms with Crippen LogP contribution in [0.1, 0.15) is 35.3 Å². The van der Waals surface area contributed by atoms with E-state index in [-0.39, 0.29) is 35.2 Å². The van der Waals surface area contributed by atoms with Crippen molar-refractivity contribution in [3.05, 3.63) is 63.7 Å². The molecule has 2 aromatic carbocycles. The van der Waals surface area contributed by atoms with Crippen LogP contribution in [0.3, 0.4) is 0 Å². The van der Waals surface area contributed by atoms with Gasteiger partial charge in [0.05, 0.1) is 22.6 Å². The highest BCUT2D eigenvalue weighted by Gasteiger charge is 2.30. The van der Waals surface area contributed by atoms with Crippen molar-refractivity contribution in [3.63, 3.8) is 0 Å². The topological polar surface area (TPSA) is 107 Å². The molecule has 0 unspecified atom stereocenters. The van der Waals surface area contributed by atoms with Crippen LogP contribution in [0.25, 0.3) is 10.9 Å². The Labute approximate surface area is 171 Å². The molecular weight excluding hydrogens is 389 g/mol. The van der Waals surface area contributed by atoms with Crippen molar-refractivity contribution < 1.29 is 19.0 Å². The first-order valence-electron chi connectivity index (χ1n) is 9.73. The van der Waals surface area contributed by atoms with Gasteiger partial charge in [-0.1, -0.05) is 30.3 Å². The minimum Gasteiger partial charge on any atom is -0.487 e. The van der Waals surface area contributed by atoms with Crippen LogP contribution in [0.15, 0.2) is 41.3 Å². The molecule has 0 radical (unpaired) electrons. The van der Waals surface area contributed by atoms with Gasteiger partial charge in [-0.25, -0.2) is 9.18 Å². The van der Waals surface area contributed by atoms with Gasteiger partial charge in [-0.15, -0.1) is 0 Å². The maximum atomic E-state index is 15.1. The van der Waals surface area contributed by atoms with E-state index in [4.69, 9.17) is 10.5 Å². The number of nitrogens with zero attached hydrogens (tertiary/aromatic N) is 1. The van der Waals surface area contributed by atoms with Crippen LogP contribution in [0.4, 0.5) is 15.8 Å². The zero-order chi connectivity index (χ0) is 21.4. The van der Waals surface area contributed by atoms with Gasteiger partial charge in [-0.2, -0.15) is 0 Å². The number of pyridine rings is 1. The van der Waals surface area contributed by atoms with Gasteiger partial charge in [0.25, 0.3) is 0 Å². The molecule has 0 amide bonds. The molecule has 1 aromatic heterocycles. The normalized spacial score (nSPS) is 15.1. The van der Waals surface area contributed by atoms with Crippen molar-refractivity contribution in [1.82, 2.24) is 4.57 Å². The minimum atomic E-state index is -1.38.